The molecule has 3 amide bonds. The van der Waals surface area contributed by atoms with Crippen LogP contribution in [0.3, 0.4) is 0 Å². The number of nitrogens with one attached hydrogen (secondary N) is 3. The first kappa shape index (κ1) is 27.1. The molecule has 0 aliphatic heterocycles. The van der Waals surface area contributed by atoms with Crippen molar-refractivity contribution in [2.24, 2.45) is 5.92 Å². The van der Waals surface area contributed by atoms with Crippen LogP contribution in [0.15, 0.2) is 35.2 Å². The van der Waals surface area contributed by atoms with Crippen molar-refractivity contribution in [1.29, 1.82) is 0 Å². The number of amides is 3. The number of carbonyl (C=O) groups excluding carboxylic acids is 3. The normalized spacial score (nSPS) is 13.9. The van der Waals surface area contributed by atoms with E-state index < -0.39 is 48.3 Å². The first-order valence-electron chi connectivity index (χ1n) is 10.3. The molecule has 9 nitrogen and oxygen atoms in total. The minimum absolute atomic E-state index is 0.00878. The van der Waals surface area contributed by atoms with Gasteiger partial charge in [0.2, 0.25) is 5.91 Å². The number of hydrogen-bond acceptors (Lipinski definition) is 7. The number of thiazole rings is 1. The smallest absolute Gasteiger partial charge is 0.416 e. The van der Waals surface area contributed by atoms with Crippen molar-refractivity contribution < 1.29 is 37.5 Å². The Labute approximate surface area is 197 Å². The molecule has 1 heterocycles. The van der Waals surface area contributed by atoms with E-state index in [1.807, 2.05) is 0 Å². The Bertz CT molecular complexity index is 972. The van der Waals surface area contributed by atoms with E-state index in [4.69, 9.17) is 9.94 Å². The van der Waals surface area contributed by atoms with Gasteiger partial charge in [-0.05, 0) is 23.6 Å². The van der Waals surface area contributed by atoms with Crippen molar-refractivity contribution >= 4 is 29.2 Å². The van der Waals surface area contributed by atoms with Gasteiger partial charge in [-0.25, -0.2) is 15.3 Å². The summed E-state index contributed by atoms with van der Waals surface area (Å²) in [7, 11) is 0. The second-order valence-corrected chi connectivity index (χ2v) is 8.22. The quantitative estimate of drug-likeness (QED) is 0.292. The van der Waals surface area contributed by atoms with E-state index in [1.165, 1.54) is 28.9 Å². The topological polar surface area (TPSA) is 130 Å². The van der Waals surface area contributed by atoms with Gasteiger partial charge in [-0.1, -0.05) is 32.4 Å². The van der Waals surface area contributed by atoms with Gasteiger partial charge in [0.1, 0.15) is 18.7 Å². The Hall–Kier alpha value is -3.19. The zero-order chi connectivity index (χ0) is 25.3. The molecule has 1 aromatic carbocycles. The fraction of sp³-hybridized carbons (Fsp3) is 0.429. The predicted octanol–water partition coefficient (Wildman–Crippen LogP) is 3.04. The molecule has 13 heteroatoms. The van der Waals surface area contributed by atoms with Crippen molar-refractivity contribution in [2.45, 2.75) is 51.6 Å². The number of aromatic nitrogens is 1. The standard InChI is InChI=1S/C21H25F3N4O5S/c1-3-12(2)17(19(30)26-16(18(29)28-32)8-15-10-34-11-25-15)27-20(31)33-9-13-5-4-6-14(7-13)21(22,23)24/h4-7,10-12,16-17,32H,3,8-9H2,1-2H3,(H,26,30)(H,27,31)(H,28,29)/t12-,16-,17-/m1/s1. The summed E-state index contributed by atoms with van der Waals surface area (Å²) in [5.41, 5.74) is 2.81. The highest BCUT2D eigenvalue weighted by molar-refractivity contribution is 7.07. The monoisotopic (exact) mass is 502 g/mol. The van der Waals surface area contributed by atoms with E-state index >= 15 is 0 Å². The van der Waals surface area contributed by atoms with Gasteiger partial charge in [-0.3, -0.25) is 14.8 Å². The van der Waals surface area contributed by atoms with Crippen LogP contribution in [0, 0.1) is 5.92 Å². The van der Waals surface area contributed by atoms with E-state index in [0.717, 1.165) is 12.1 Å². The maximum Gasteiger partial charge on any atom is 0.416 e. The summed E-state index contributed by atoms with van der Waals surface area (Å²) in [6.07, 6.45) is -5.06. The molecule has 0 radical (unpaired) electrons. The lowest BCUT2D eigenvalue weighted by atomic mass is 9.98. The number of alkyl halides is 3. The Kier molecular flexibility index (Phi) is 9.81. The molecule has 0 fully saturated rings. The van der Waals surface area contributed by atoms with Crippen molar-refractivity contribution in [3.8, 4) is 0 Å². The first-order valence-corrected chi connectivity index (χ1v) is 11.2. The zero-order valence-electron chi connectivity index (χ0n) is 18.4. The Morgan fingerprint density at radius 3 is 2.53 bits per heavy atom. The summed E-state index contributed by atoms with van der Waals surface area (Å²) in [6, 6.07) is 2.07. The van der Waals surface area contributed by atoms with E-state index in [0.29, 0.717) is 12.1 Å². The SMILES string of the molecule is CC[C@@H](C)[C@@H](NC(=O)OCc1cccc(C(F)(F)F)c1)C(=O)N[C@H](Cc1cscn1)C(=O)NO. The van der Waals surface area contributed by atoms with Crippen LogP contribution < -0.4 is 16.1 Å². The lowest BCUT2D eigenvalue weighted by Gasteiger charge is -2.25. The highest BCUT2D eigenvalue weighted by Crippen LogP contribution is 2.29. The number of nitrogens with zero attached hydrogens (tertiary/aromatic N) is 1. The molecule has 3 atom stereocenters. The van der Waals surface area contributed by atoms with Crippen LogP contribution in [0.2, 0.25) is 0 Å². The Morgan fingerprint density at radius 1 is 1.21 bits per heavy atom. The maximum atomic E-state index is 12.9. The van der Waals surface area contributed by atoms with Crippen LogP contribution in [-0.4, -0.2) is 40.2 Å². The minimum atomic E-state index is -4.53. The van der Waals surface area contributed by atoms with Crippen molar-refractivity contribution in [2.75, 3.05) is 0 Å². The van der Waals surface area contributed by atoms with Gasteiger partial charge in [0.25, 0.3) is 5.91 Å². The van der Waals surface area contributed by atoms with Crippen LogP contribution in [0.4, 0.5) is 18.0 Å². The van der Waals surface area contributed by atoms with Gasteiger partial charge in [-0.2, -0.15) is 13.2 Å². The molecule has 0 saturated carbocycles. The van der Waals surface area contributed by atoms with Crippen LogP contribution >= 0.6 is 11.3 Å². The Balaban J connectivity index is 2.04. The number of carbonyl (C=O) groups is 3. The van der Waals surface area contributed by atoms with E-state index in [9.17, 15) is 27.6 Å². The average molecular weight is 503 g/mol. The third kappa shape index (κ3) is 7.99. The van der Waals surface area contributed by atoms with Crippen LogP contribution in [0.25, 0.3) is 0 Å². The second kappa shape index (κ2) is 12.3. The highest BCUT2D eigenvalue weighted by atomic mass is 32.1. The lowest BCUT2D eigenvalue weighted by Crippen LogP contribution is -2.56. The highest BCUT2D eigenvalue weighted by Gasteiger charge is 2.32. The molecule has 0 aliphatic carbocycles. The van der Waals surface area contributed by atoms with E-state index in [-0.39, 0.29) is 17.9 Å². The van der Waals surface area contributed by atoms with Crippen LogP contribution in [-0.2, 0) is 33.5 Å². The van der Waals surface area contributed by atoms with Crippen molar-refractivity contribution in [3.05, 3.63) is 52.0 Å². The number of alkyl carbamates (subject to hydrolysis) is 1. The molecule has 2 aromatic rings. The minimum Gasteiger partial charge on any atom is -0.445 e. The molecule has 34 heavy (non-hydrogen) atoms. The largest absolute Gasteiger partial charge is 0.445 e. The number of rotatable bonds is 10. The van der Waals surface area contributed by atoms with Crippen molar-refractivity contribution in [1.82, 2.24) is 21.1 Å². The maximum absolute atomic E-state index is 12.9. The molecule has 0 aliphatic rings. The molecule has 1 aromatic heterocycles. The number of hydrogen-bond donors (Lipinski definition) is 4. The molecule has 2 rings (SSSR count). The second-order valence-electron chi connectivity index (χ2n) is 7.50. The molecule has 0 unspecified atom stereocenters. The molecule has 0 saturated heterocycles. The lowest BCUT2D eigenvalue weighted by molar-refractivity contribution is -0.137. The fourth-order valence-corrected chi connectivity index (χ4v) is 3.52. The first-order chi connectivity index (χ1) is 16.0. The summed E-state index contributed by atoms with van der Waals surface area (Å²) in [6.45, 7) is 3.04. The molecule has 186 valence electrons. The summed E-state index contributed by atoms with van der Waals surface area (Å²) < 4.78 is 43.6. The number of ether oxygens (including phenoxy) is 1. The van der Waals surface area contributed by atoms with E-state index in [1.54, 1.807) is 24.7 Å². The van der Waals surface area contributed by atoms with Crippen molar-refractivity contribution in [3.63, 3.8) is 0 Å². The summed E-state index contributed by atoms with van der Waals surface area (Å²) in [5.74, 6) is -1.94. The van der Waals surface area contributed by atoms with Gasteiger partial charge < -0.3 is 15.4 Å². The van der Waals surface area contributed by atoms with Gasteiger partial charge >= 0.3 is 12.3 Å². The van der Waals surface area contributed by atoms with Crippen LogP contribution in [0.5, 0.6) is 0 Å². The fourth-order valence-electron chi connectivity index (χ4n) is 2.95. The Morgan fingerprint density at radius 2 is 1.94 bits per heavy atom. The van der Waals surface area contributed by atoms with Gasteiger partial charge in [-0.15, -0.1) is 11.3 Å². The molecular formula is C21H25F3N4O5S. The van der Waals surface area contributed by atoms with Gasteiger partial charge in [0, 0.05) is 11.8 Å². The molecule has 0 spiro atoms. The van der Waals surface area contributed by atoms with Crippen LogP contribution in [0.1, 0.15) is 37.1 Å². The van der Waals surface area contributed by atoms with Gasteiger partial charge in [0.15, 0.2) is 0 Å². The third-order valence-electron chi connectivity index (χ3n) is 5.03. The third-order valence-corrected chi connectivity index (χ3v) is 5.67. The number of halogens is 3. The summed E-state index contributed by atoms with van der Waals surface area (Å²) in [4.78, 5) is 41.3. The van der Waals surface area contributed by atoms with Gasteiger partial charge in [0.05, 0.1) is 16.8 Å². The summed E-state index contributed by atoms with van der Waals surface area (Å²) >= 11 is 1.29. The molecule has 4 N–H and O–H groups in total. The predicted molar refractivity (Wildman–Crippen MR) is 116 cm³/mol. The molecular weight excluding hydrogens is 477 g/mol. The number of hydroxylamine groups is 1. The summed E-state index contributed by atoms with van der Waals surface area (Å²) in [5, 5.41) is 15.6. The average Bonchev–Trinajstić information content (AvgIpc) is 3.32. The molecule has 0 bridgehead atoms. The zero-order valence-corrected chi connectivity index (χ0v) is 19.2. The number of benzene rings is 1. The van der Waals surface area contributed by atoms with E-state index in [2.05, 4.69) is 15.6 Å².